The Kier molecular flexibility index (Phi) is 6.56. The van der Waals surface area contributed by atoms with Gasteiger partial charge < -0.3 is 4.74 Å². The second-order valence-electron chi connectivity index (χ2n) is 6.36. The minimum absolute atomic E-state index is 0.184. The fourth-order valence-electron chi connectivity index (χ4n) is 2.97. The van der Waals surface area contributed by atoms with Gasteiger partial charge in [-0.3, -0.25) is 20.2 Å². The zero-order valence-corrected chi connectivity index (χ0v) is 15.2. The number of carbonyl (C=O) groups is 2. The summed E-state index contributed by atoms with van der Waals surface area (Å²) in [5, 5.41) is 5.56. The van der Waals surface area contributed by atoms with E-state index in [1.54, 1.807) is 31.4 Å². The van der Waals surface area contributed by atoms with Crippen LogP contribution < -0.4 is 15.4 Å². The third kappa shape index (κ3) is 4.38. The van der Waals surface area contributed by atoms with Crippen molar-refractivity contribution in [2.75, 3.05) is 7.11 Å². The van der Waals surface area contributed by atoms with Gasteiger partial charge in [-0.1, -0.05) is 39.5 Å². The molecule has 1 saturated heterocycles. The minimum Gasteiger partial charge on any atom is -0.497 e. The van der Waals surface area contributed by atoms with Gasteiger partial charge in [-0.15, -0.1) is 0 Å². The third-order valence-corrected chi connectivity index (χ3v) is 4.56. The minimum atomic E-state index is -0.981. The van der Waals surface area contributed by atoms with Crippen LogP contribution in [0.15, 0.2) is 29.3 Å². The lowest BCUT2D eigenvalue weighted by Crippen LogP contribution is -2.62. The number of rotatable bonds is 8. The molecular formula is C19H27N3O3. The van der Waals surface area contributed by atoms with Crippen molar-refractivity contribution in [2.24, 2.45) is 10.4 Å². The van der Waals surface area contributed by atoms with Crippen LogP contribution in [0.5, 0.6) is 5.75 Å². The van der Waals surface area contributed by atoms with Crippen LogP contribution in [0.1, 0.15) is 52.4 Å². The number of ether oxygens (including phenoxy) is 1. The van der Waals surface area contributed by atoms with Crippen LogP contribution in [0, 0.1) is 5.41 Å². The smallest absolute Gasteiger partial charge is 0.242 e. The number of carbonyl (C=O) groups excluding carboxylic acids is 2. The second kappa shape index (κ2) is 8.65. The summed E-state index contributed by atoms with van der Waals surface area (Å²) in [6, 6.07) is 7.08. The molecule has 2 rings (SSSR count). The standard InChI is InChI=1S/C19H27N3O3/c1-4-6-12-19(13-7-5-2)16(23)21-18(22-17(19)24)20-14-8-10-15(25-3)11-9-14/h8-11H,4-7,12-13H2,1-3H3,(H2,20,21,22,23,24). The normalized spacial score (nSPS) is 16.2. The van der Waals surface area contributed by atoms with E-state index in [0.29, 0.717) is 18.5 Å². The summed E-state index contributed by atoms with van der Waals surface area (Å²) in [5.41, 5.74) is -0.351. The lowest BCUT2D eigenvalue weighted by Gasteiger charge is -2.35. The van der Waals surface area contributed by atoms with Gasteiger partial charge in [-0.2, -0.15) is 0 Å². The Labute approximate surface area is 149 Å². The molecule has 1 fully saturated rings. The van der Waals surface area contributed by atoms with Crippen molar-refractivity contribution in [1.29, 1.82) is 0 Å². The Bertz CT molecular complexity index is 608. The van der Waals surface area contributed by atoms with Gasteiger partial charge in [0.15, 0.2) is 0 Å². The number of nitrogens with one attached hydrogen (secondary N) is 2. The molecule has 0 unspecified atom stereocenters. The third-order valence-electron chi connectivity index (χ3n) is 4.56. The molecule has 0 aromatic heterocycles. The van der Waals surface area contributed by atoms with Gasteiger partial charge >= 0.3 is 0 Å². The largest absolute Gasteiger partial charge is 0.497 e. The SMILES string of the molecule is CCCCC1(CCCC)C(=O)NC(=Nc2ccc(OC)cc2)NC1=O. The second-order valence-corrected chi connectivity index (χ2v) is 6.36. The molecule has 6 nitrogen and oxygen atoms in total. The van der Waals surface area contributed by atoms with Crippen molar-refractivity contribution in [1.82, 2.24) is 10.6 Å². The zero-order chi connectivity index (χ0) is 18.3. The van der Waals surface area contributed by atoms with Crippen molar-refractivity contribution in [3.63, 3.8) is 0 Å². The van der Waals surface area contributed by atoms with E-state index in [1.807, 2.05) is 0 Å². The number of nitrogens with zero attached hydrogens (tertiary/aromatic N) is 1. The number of benzene rings is 1. The number of methoxy groups -OCH3 is 1. The monoisotopic (exact) mass is 345 g/mol. The van der Waals surface area contributed by atoms with Crippen molar-refractivity contribution in [2.45, 2.75) is 52.4 Å². The van der Waals surface area contributed by atoms with E-state index in [9.17, 15) is 9.59 Å². The lowest BCUT2D eigenvalue weighted by molar-refractivity contribution is -0.145. The molecule has 2 N–H and O–H groups in total. The van der Waals surface area contributed by atoms with E-state index in [0.717, 1.165) is 31.4 Å². The van der Waals surface area contributed by atoms with Gasteiger partial charge in [0.1, 0.15) is 11.2 Å². The molecule has 1 aromatic rings. The Morgan fingerprint density at radius 2 is 1.48 bits per heavy atom. The molecule has 0 atom stereocenters. The summed E-state index contributed by atoms with van der Waals surface area (Å²) < 4.78 is 5.11. The topological polar surface area (TPSA) is 79.8 Å². The van der Waals surface area contributed by atoms with Crippen LogP contribution in [0.4, 0.5) is 5.69 Å². The van der Waals surface area contributed by atoms with E-state index in [2.05, 4.69) is 29.5 Å². The summed E-state index contributed by atoms with van der Waals surface area (Å²) in [4.78, 5) is 29.9. The Morgan fingerprint density at radius 3 is 1.92 bits per heavy atom. The van der Waals surface area contributed by atoms with E-state index in [4.69, 9.17) is 4.74 Å². The quantitative estimate of drug-likeness (QED) is 0.710. The Balaban J connectivity index is 2.19. The first-order valence-corrected chi connectivity index (χ1v) is 8.91. The molecule has 1 aromatic carbocycles. The first-order chi connectivity index (χ1) is 12.1. The van der Waals surface area contributed by atoms with Crippen LogP contribution in [-0.4, -0.2) is 24.9 Å². The van der Waals surface area contributed by atoms with Gasteiger partial charge in [0.2, 0.25) is 17.8 Å². The molecule has 25 heavy (non-hydrogen) atoms. The van der Waals surface area contributed by atoms with Gasteiger partial charge in [0.25, 0.3) is 0 Å². The summed E-state index contributed by atoms with van der Waals surface area (Å²) in [5.74, 6) is 0.415. The van der Waals surface area contributed by atoms with Crippen LogP contribution in [0.3, 0.4) is 0 Å². The van der Waals surface area contributed by atoms with E-state index in [-0.39, 0.29) is 17.8 Å². The lowest BCUT2D eigenvalue weighted by atomic mass is 9.75. The predicted molar refractivity (Wildman–Crippen MR) is 97.9 cm³/mol. The average Bonchev–Trinajstić information content (AvgIpc) is 2.61. The molecule has 0 aliphatic carbocycles. The number of hydrogen-bond donors (Lipinski definition) is 2. The molecule has 0 bridgehead atoms. The van der Waals surface area contributed by atoms with Crippen molar-refractivity contribution >= 4 is 23.5 Å². The summed E-state index contributed by atoms with van der Waals surface area (Å²) in [6.07, 6.45) is 4.71. The predicted octanol–water partition coefficient (Wildman–Crippen LogP) is 3.30. The molecular weight excluding hydrogens is 318 g/mol. The number of guanidine groups is 1. The molecule has 0 radical (unpaired) electrons. The number of aliphatic imine (C=N–C) groups is 1. The van der Waals surface area contributed by atoms with Gasteiger partial charge in [-0.25, -0.2) is 4.99 Å². The fraction of sp³-hybridized carbons (Fsp3) is 0.526. The highest BCUT2D eigenvalue weighted by Crippen LogP contribution is 2.33. The maximum atomic E-state index is 12.8. The molecule has 2 amide bonds. The number of amides is 2. The molecule has 6 heteroatoms. The molecule has 1 aliphatic heterocycles. The molecule has 1 aliphatic rings. The van der Waals surface area contributed by atoms with Crippen molar-refractivity contribution < 1.29 is 14.3 Å². The molecule has 136 valence electrons. The Morgan fingerprint density at radius 1 is 0.960 bits per heavy atom. The number of unbranched alkanes of at least 4 members (excludes halogenated alkanes) is 2. The van der Waals surface area contributed by atoms with Crippen molar-refractivity contribution in [3.8, 4) is 5.75 Å². The van der Waals surface area contributed by atoms with Gasteiger partial charge in [0.05, 0.1) is 12.8 Å². The van der Waals surface area contributed by atoms with Crippen LogP contribution in [0.25, 0.3) is 0 Å². The molecule has 0 saturated carbocycles. The summed E-state index contributed by atoms with van der Waals surface area (Å²) >= 11 is 0. The van der Waals surface area contributed by atoms with Gasteiger partial charge in [0, 0.05) is 0 Å². The first kappa shape index (κ1) is 19.0. The van der Waals surface area contributed by atoms with E-state index in [1.165, 1.54) is 0 Å². The molecule has 0 spiro atoms. The van der Waals surface area contributed by atoms with Gasteiger partial charge in [-0.05, 0) is 37.1 Å². The van der Waals surface area contributed by atoms with E-state index < -0.39 is 5.41 Å². The highest BCUT2D eigenvalue weighted by molar-refractivity contribution is 6.20. The summed E-state index contributed by atoms with van der Waals surface area (Å²) in [7, 11) is 1.59. The number of hydrogen-bond acceptors (Lipinski definition) is 4. The van der Waals surface area contributed by atoms with Crippen molar-refractivity contribution in [3.05, 3.63) is 24.3 Å². The highest BCUT2D eigenvalue weighted by atomic mass is 16.5. The Hall–Kier alpha value is -2.37. The van der Waals surface area contributed by atoms with Crippen LogP contribution >= 0.6 is 0 Å². The maximum Gasteiger partial charge on any atom is 0.242 e. The first-order valence-electron chi connectivity index (χ1n) is 8.91. The van der Waals surface area contributed by atoms with Crippen LogP contribution in [0.2, 0.25) is 0 Å². The maximum absolute atomic E-state index is 12.8. The average molecular weight is 345 g/mol. The van der Waals surface area contributed by atoms with E-state index >= 15 is 0 Å². The fourth-order valence-corrected chi connectivity index (χ4v) is 2.97. The van der Waals surface area contributed by atoms with Crippen LogP contribution in [-0.2, 0) is 9.59 Å². The highest BCUT2D eigenvalue weighted by Gasteiger charge is 2.48. The summed E-state index contributed by atoms with van der Waals surface area (Å²) in [6.45, 7) is 4.12. The molecule has 1 heterocycles. The zero-order valence-electron chi connectivity index (χ0n) is 15.2.